The van der Waals surface area contributed by atoms with Crippen molar-refractivity contribution in [2.24, 2.45) is 0 Å². The first kappa shape index (κ1) is 18.3. The van der Waals surface area contributed by atoms with Gasteiger partial charge in [0.2, 0.25) is 0 Å². The molecule has 1 N–H and O–H groups in total. The Morgan fingerprint density at radius 1 is 0.958 bits per heavy atom. The van der Waals surface area contributed by atoms with Gasteiger partial charge in [-0.3, -0.25) is 0 Å². The van der Waals surface area contributed by atoms with Crippen LogP contribution in [0.15, 0.2) is 42.5 Å². The summed E-state index contributed by atoms with van der Waals surface area (Å²) in [6, 6.07) is 14.4. The van der Waals surface area contributed by atoms with E-state index in [1.807, 2.05) is 31.2 Å². The lowest BCUT2D eigenvalue weighted by molar-refractivity contribution is 0.144. The fraction of sp³-hybridized carbons (Fsp3) is 0.400. The highest BCUT2D eigenvalue weighted by atomic mass is 16.5. The molecule has 0 fully saturated rings. The lowest BCUT2D eigenvalue weighted by atomic mass is 9.98. The van der Waals surface area contributed by atoms with Gasteiger partial charge in [-0.2, -0.15) is 0 Å². The van der Waals surface area contributed by atoms with Crippen LogP contribution in [0.4, 0.5) is 0 Å². The van der Waals surface area contributed by atoms with Crippen molar-refractivity contribution in [3.63, 3.8) is 0 Å². The number of hydrogen-bond acceptors (Lipinski definition) is 4. The second-order valence-electron chi connectivity index (χ2n) is 5.46. The highest BCUT2D eigenvalue weighted by Gasteiger charge is 2.12. The van der Waals surface area contributed by atoms with Crippen molar-refractivity contribution < 1.29 is 14.2 Å². The Bertz CT molecular complexity index is 614. The molecule has 0 atom stereocenters. The highest BCUT2D eigenvalue weighted by molar-refractivity contribution is 5.71. The first-order valence-electron chi connectivity index (χ1n) is 8.39. The maximum Gasteiger partial charge on any atom is 0.161 e. The molecule has 0 spiro atoms. The quantitative estimate of drug-likeness (QED) is 0.671. The summed E-state index contributed by atoms with van der Waals surface area (Å²) < 4.78 is 16.3. The molecule has 0 saturated carbocycles. The average molecular weight is 329 g/mol. The minimum atomic E-state index is 0.747. The first-order chi connectivity index (χ1) is 11.8. The highest BCUT2D eigenvalue weighted by Crippen LogP contribution is 2.35. The maximum atomic E-state index is 5.46. The fourth-order valence-corrected chi connectivity index (χ4v) is 2.62. The van der Waals surface area contributed by atoms with Gasteiger partial charge < -0.3 is 19.5 Å². The van der Waals surface area contributed by atoms with Crippen LogP contribution in [0.5, 0.6) is 11.5 Å². The van der Waals surface area contributed by atoms with E-state index >= 15 is 0 Å². The van der Waals surface area contributed by atoms with Crippen LogP contribution in [-0.2, 0) is 11.3 Å². The fourth-order valence-electron chi connectivity index (χ4n) is 2.62. The molecule has 0 aliphatic carbocycles. The number of rotatable bonds is 10. The first-order valence-corrected chi connectivity index (χ1v) is 8.39. The van der Waals surface area contributed by atoms with Crippen LogP contribution in [0.25, 0.3) is 11.1 Å². The second kappa shape index (κ2) is 9.96. The average Bonchev–Trinajstić information content (AvgIpc) is 2.64. The van der Waals surface area contributed by atoms with E-state index in [1.165, 1.54) is 11.1 Å². The number of hydrogen-bond donors (Lipinski definition) is 1. The summed E-state index contributed by atoms with van der Waals surface area (Å²) in [6.45, 7) is 5.28. The topological polar surface area (TPSA) is 39.7 Å². The molecule has 0 saturated heterocycles. The monoisotopic (exact) mass is 329 g/mol. The summed E-state index contributed by atoms with van der Waals surface area (Å²) in [7, 11) is 3.33. The van der Waals surface area contributed by atoms with Gasteiger partial charge >= 0.3 is 0 Å². The third-order valence-electron chi connectivity index (χ3n) is 3.86. The van der Waals surface area contributed by atoms with E-state index in [1.54, 1.807) is 14.2 Å². The summed E-state index contributed by atoms with van der Waals surface area (Å²) in [5.41, 5.74) is 3.52. The smallest absolute Gasteiger partial charge is 0.161 e. The molecule has 2 aromatic carbocycles. The molecule has 0 aliphatic rings. The Morgan fingerprint density at radius 2 is 1.67 bits per heavy atom. The Morgan fingerprint density at radius 3 is 2.33 bits per heavy atom. The van der Waals surface area contributed by atoms with Gasteiger partial charge in [0, 0.05) is 19.8 Å². The summed E-state index contributed by atoms with van der Waals surface area (Å²) in [5, 5.41) is 3.48. The van der Waals surface area contributed by atoms with Gasteiger partial charge in [0.1, 0.15) is 0 Å². The zero-order chi connectivity index (χ0) is 17.2. The molecule has 0 aromatic heterocycles. The Labute approximate surface area is 144 Å². The van der Waals surface area contributed by atoms with Gasteiger partial charge in [-0.15, -0.1) is 0 Å². The zero-order valence-corrected chi connectivity index (χ0v) is 14.8. The van der Waals surface area contributed by atoms with Gasteiger partial charge in [-0.25, -0.2) is 0 Å². The Hall–Kier alpha value is -2.04. The van der Waals surface area contributed by atoms with Gasteiger partial charge in [0.15, 0.2) is 11.5 Å². The van der Waals surface area contributed by atoms with Crippen molar-refractivity contribution in [3.05, 3.63) is 48.0 Å². The van der Waals surface area contributed by atoms with Crippen molar-refractivity contribution in [2.75, 3.05) is 34.0 Å². The lowest BCUT2D eigenvalue weighted by Crippen LogP contribution is -2.17. The summed E-state index contributed by atoms with van der Waals surface area (Å²) in [6.07, 6.45) is 1.00. The summed E-state index contributed by atoms with van der Waals surface area (Å²) in [5.74, 6) is 1.50. The molecular formula is C20H27NO3. The molecule has 2 aromatic rings. The molecule has 0 aliphatic heterocycles. The molecule has 0 bridgehead atoms. The predicted octanol–water partition coefficient (Wildman–Crippen LogP) is 3.89. The summed E-state index contributed by atoms with van der Waals surface area (Å²) in [4.78, 5) is 0. The van der Waals surface area contributed by atoms with Gasteiger partial charge in [-0.05, 0) is 48.7 Å². The molecule has 4 nitrogen and oxygen atoms in total. The molecule has 2 rings (SSSR count). The van der Waals surface area contributed by atoms with Crippen LogP contribution in [0.1, 0.15) is 18.9 Å². The van der Waals surface area contributed by atoms with Gasteiger partial charge in [0.25, 0.3) is 0 Å². The Kier molecular flexibility index (Phi) is 7.59. The van der Waals surface area contributed by atoms with E-state index in [0.717, 1.165) is 49.8 Å². The maximum absolute atomic E-state index is 5.46. The minimum Gasteiger partial charge on any atom is -0.493 e. The number of methoxy groups -OCH3 is 2. The van der Waals surface area contributed by atoms with E-state index < -0.39 is 0 Å². The molecule has 130 valence electrons. The van der Waals surface area contributed by atoms with Gasteiger partial charge in [0.05, 0.1) is 14.2 Å². The predicted molar refractivity (Wildman–Crippen MR) is 97.8 cm³/mol. The second-order valence-corrected chi connectivity index (χ2v) is 5.46. The van der Waals surface area contributed by atoms with Crippen LogP contribution in [-0.4, -0.2) is 34.0 Å². The third-order valence-corrected chi connectivity index (χ3v) is 3.86. The van der Waals surface area contributed by atoms with Crippen molar-refractivity contribution in [1.29, 1.82) is 0 Å². The molecule has 0 radical (unpaired) electrons. The lowest BCUT2D eigenvalue weighted by Gasteiger charge is -2.16. The molecule has 24 heavy (non-hydrogen) atoms. The van der Waals surface area contributed by atoms with E-state index in [0.29, 0.717) is 0 Å². The molecule has 4 heteroatoms. The van der Waals surface area contributed by atoms with Crippen LogP contribution in [0, 0.1) is 0 Å². The zero-order valence-electron chi connectivity index (χ0n) is 14.8. The minimum absolute atomic E-state index is 0.747. The van der Waals surface area contributed by atoms with Crippen LogP contribution >= 0.6 is 0 Å². The van der Waals surface area contributed by atoms with E-state index in [4.69, 9.17) is 14.2 Å². The normalized spacial score (nSPS) is 10.6. The summed E-state index contributed by atoms with van der Waals surface area (Å²) >= 11 is 0. The number of benzene rings is 2. The van der Waals surface area contributed by atoms with Crippen molar-refractivity contribution in [2.45, 2.75) is 19.9 Å². The number of nitrogens with one attached hydrogen (secondary N) is 1. The van der Waals surface area contributed by atoms with Gasteiger partial charge in [-0.1, -0.05) is 30.3 Å². The van der Waals surface area contributed by atoms with E-state index in [2.05, 4.69) is 23.5 Å². The molecule has 0 unspecified atom stereocenters. The largest absolute Gasteiger partial charge is 0.493 e. The van der Waals surface area contributed by atoms with Crippen LogP contribution < -0.4 is 14.8 Å². The number of ether oxygens (including phenoxy) is 3. The van der Waals surface area contributed by atoms with E-state index in [9.17, 15) is 0 Å². The Balaban J connectivity index is 2.17. The standard InChI is InChI=1S/C20H27NO3/c1-4-24-12-8-11-21-15-17-13-19(22-2)20(23-3)14-18(17)16-9-6-5-7-10-16/h5-7,9-10,13-14,21H,4,8,11-12,15H2,1-3H3. The van der Waals surface area contributed by atoms with Crippen LogP contribution in [0.3, 0.4) is 0 Å². The third kappa shape index (κ3) is 4.98. The van der Waals surface area contributed by atoms with E-state index in [-0.39, 0.29) is 0 Å². The SMILES string of the molecule is CCOCCCNCc1cc(OC)c(OC)cc1-c1ccccc1. The van der Waals surface area contributed by atoms with Crippen LogP contribution in [0.2, 0.25) is 0 Å². The molecule has 0 amide bonds. The molecule has 0 heterocycles. The molecular weight excluding hydrogens is 302 g/mol. The van der Waals surface area contributed by atoms with Crippen molar-refractivity contribution >= 4 is 0 Å². The van der Waals surface area contributed by atoms with Crippen molar-refractivity contribution in [3.8, 4) is 22.6 Å². The van der Waals surface area contributed by atoms with Crippen molar-refractivity contribution in [1.82, 2.24) is 5.32 Å².